The molecule has 5 N–H and O–H groups in total. The second-order valence-electron chi connectivity index (χ2n) is 7.10. The first kappa shape index (κ1) is 19.4. The second kappa shape index (κ2) is 8.21. The Labute approximate surface area is 169 Å². The minimum atomic E-state index is -3.35. The average molecular weight is 417 g/mol. The van der Waals surface area contributed by atoms with Crippen molar-refractivity contribution >= 4 is 44.3 Å². The summed E-state index contributed by atoms with van der Waals surface area (Å²) >= 11 is 0. The molecule has 3 heterocycles. The van der Waals surface area contributed by atoms with Gasteiger partial charge in [0.2, 0.25) is 16.0 Å². The number of hydrogen-bond acceptors (Lipinski definition) is 8. The van der Waals surface area contributed by atoms with Crippen LogP contribution in [0.3, 0.4) is 0 Å². The Morgan fingerprint density at radius 2 is 2.07 bits per heavy atom. The molecule has 1 aliphatic heterocycles. The van der Waals surface area contributed by atoms with Crippen LogP contribution >= 0.6 is 0 Å². The summed E-state index contributed by atoms with van der Waals surface area (Å²) in [5, 5.41) is 10.0. The van der Waals surface area contributed by atoms with Crippen molar-refractivity contribution < 1.29 is 8.42 Å². The van der Waals surface area contributed by atoms with Crippen molar-refractivity contribution in [1.82, 2.24) is 25.3 Å². The van der Waals surface area contributed by atoms with Crippen LogP contribution in [0.15, 0.2) is 30.6 Å². The molecule has 0 amide bonds. The Kier molecular flexibility index (Phi) is 5.49. The summed E-state index contributed by atoms with van der Waals surface area (Å²) in [6.45, 7) is 1.80. The van der Waals surface area contributed by atoms with Crippen LogP contribution in [0.1, 0.15) is 19.3 Å². The van der Waals surface area contributed by atoms with Gasteiger partial charge in [0.15, 0.2) is 11.5 Å². The van der Waals surface area contributed by atoms with Crippen molar-refractivity contribution in [3.05, 3.63) is 30.6 Å². The Hall–Kier alpha value is -2.92. The van der Waals surface area contributed by atoms with Gasteiger partial charge in [-0.3, -0.25) is 4.72 Å². The van der Waals surface area contributed by atoms with Crippen LogP contribution in [0.25, 0.3) is 11.2 Å². The lowest BCUT2D eigenvalue weighted by atomic mass is 10.1. The lowest BCUT2D eigenvalue weighted by Gasteiger charge is -2.23. The molecule has 0 radical (unpaired) electrons. The monoisotopic (exact) mass is 416 g/mol. The van der Waals surface area contributed by atoms with Gasteiger partial charge in [0.05, 0.1) is 18.3 Å². The summed E-state index contributed by atoms with van der Waals surface area (Å²) in [4.78, 5) is 16.4. The SMILES string of the molecule is CS(=O)(=O)Nc1cccc(Nc2nc(NCC3CCCCN3)c3nc[nH]c3n2)c1. The third-order valence-electron chi connectivity index (χ3n) is 4.63. The van der Waals surface area contributed by atoms with E-state index in [-0.39, 0.29) is 0 Å². The van der Waals surface area contributed by atoms with Crippen molar-refractivity contribution in [2.24, 2.45) is 0 Å². The molecule has 1 atom stereocenters. The molecule has 11 heteroatoms. The van der Waals surface area contributed by atoms with Crippen LogP contribution in [0, 0.1) is 0 Å². The molecule has 1 aliphatic rings. The zero-order valence-electron chi connectivity index (χ0n) is 16.1. The second-order valence-corrected chi connectivity index (χ2v) is 8.85. The zero-order valence-corrected chi connectivity index (χ0v) is 16.9. The number of piperidine rings is 1. The molecular formula is C18H24N8O2S. The summed E-state index contributed by atoms with van der Waals surface area (Å²) in [5.41, 5.74) is 2.42. The molecule has 10 nitrogen and oxygen atoms in total. The van der Waals surface area contributed by atoms with E-state index < -0.39 is 10.0 Å². The summed E-state index contributed by atoms with van der Waals surface area (Å²) in [5.74, 6) is 1.04. The van der Waals surface area contributed by atoms with Crippen molar-refractivity contribution in [3.8, 4) is 0 Å². The Morgan fingerprint density at radius 1 is 1.21 bits per heavy atom. The van der Waals surface area contributed by atoms with Crippen molar-refractivity contribution in [2.45, 2.75) is 25.3 Å². The molecule has 0 bridgehead atoms. The van der Waals surface area contributed by atoms with Crippen LogP contribution < -0.4 is 20.7 Å². The van der Waals surface area contributed by atoms with Crippen molar-refractivity contribution in [1.29, 1.82) is 0 Å². The number of fused-ring (bicyclic) bond motifs is 1. The average Bonchev–Trinajstić information content (AvgIpc) is 3.14. The third-order valence-corrected chi connectivity index (χ3v) is 5.24. The Morgan fingerprint density at radius 3 is 2.86 bits per heavy atom. The molecule has 154 valence electrons. The molecular weight excluding hydrogens is 392 g/mol. The number of benzene rings is 1. The molecule has 1 aromatic carbocycles. The predicted octanol–water partition coefficient (Wildman–Crippen LogP) is 2.02. The molecule has 1 saturated heterocycles. The summed E-state index contributed by atoms with van der Waals surface area (Å²) < 4.78 is 25.4. The van der Waals surface area contributed by atoms with E-state index >= 15 is 0 Å². The predicted molar refractivity (Wildman–Crippen MR) is 114 cm³/mol. The van der Waals surface area contributed by atoms with Crippen LogP contribution in [0.4, 0.5) is 23.1 Å². The van der Waals surface area contributed by atoms with Gasteiger partial charge in [-0.15, -0.1) is 0 Å². The van der Waals surface area contributed by atoms with Gasteiger partial charge in [-0.1, -0.05) is 12.5 Å². The van der Waals surface area contributed by atoms with Gasteiger partial charge in [0.1, 0.15) is 5.52 Å². The fourth-order valence-electron chi connectivity index (χ4n) is 3.34. The van der Waals surface area contributed by atoms with Crippen LogP contribution in [-0.4, -0.2) is 53.7 Å². The summed E-state index contributed by atoms with van der Waals surface area (Å²) in [7, 11) is -3.35. The molecule has 1 unspecified atom stereocenters. The highest BCUT2D eigenvalue weighted by atomic mass is 32.2. The summed E-state index contributed by atoms with van der Waals surface area (Å²) in [6.07, 6.45) is 6.28. The number of rotatable bonds is 7. The van der Waals surface area contributed by atoms with Crippen molar-refractivity contribution in [3.63, 3.8) is 0 Å². The number of anilines is 4. The third kappa shape index (κ3) is 5.12. The first-order valence-corrected chi connectivity index (χ1v) is 11.4. The van der Waals surface area contributed by atoms with E-state index in [0.717, 1.165) is 25.8 Å². The van der Waals surface area contributed by atoms with E-state index in [1.165, 1.54) is 12.8 Å². The lowest BCUT2D eigenvalue weighted by Crippen LogP contribution is -2.39. The topological polar surface area (TPSA) is 137 Å². The zero-order chi connectivity index (χ0) is 20.3. The standard InChI is InChI=1S/C18H24N8O2S/c1-29(27,28)26-13-7-4-6-12(9-13)23-18-24-16(15-17(25-18)22-11-21-15)20-10-14-5-2-3-8-19-14/h4,6-7,9,11,14,19,26H,2-3,5,8,10H2,1H3,(H3,20,21,22,23,24,25). The van der Waals surface area contributed by atoms with E-state index in [1.54, 1.807) is 24.5 Å². The van der Waals surface area contributed by atoms with E-state index in [1.807, 2.05) is 6.07 Å². The highest BCUT2D eigenvalue weighted by molar-refractivity contribution is 7.92. The number of imidazole rings is 1. The number of sulfonamides is 1. The quantitative estimate of drug-likeness (QED) is 0.395. The number of aromatic nitrogens is 4. The van der Waals surface area contributed by atoms with E-state index in [4.69, 9.17) is 0 Å². The van der Waals surface area contributed by atoms with Gasteiger partial charge in [-0.2, -0.15) is 9.97 Å². The largest absolute Gasteiger partial charge is 0.366 e. The van der Waals surface area contributed by atoms with E-state index in [0.29, 0.717) is 40.3 Å². The molecule has 0 aliphatic carbocycles. The highest BCUT2D eigenvalue weighted by Crippen LogP contribution is 2.23. The maximum atomic E-state index is 11.5. The number of aromatic amines is 1. The Bertz CT molecular complexity index is 1090. The molecule has 1 fully saturated rings. The normalized spacial score (nSPS) is 17.2. The van der Waals surface area contributed by atoms with E-state index in [2.05, 4.69) is 40.6 Å². The highest BCUT2D eigenvalue weighted by Gasteiger charge is 2.15. The molecule has 4 rings (SSSR count). The number of nitrogens with zero attached hydrogens (tertiary/aromatic N) is 3. The van der Waals surface area contributed by atoms with Gasteiger partial charge < -0.3 is 20.9 Å². The van der Waals surface area contributed by atoms with Crippen LogP contribution in [0.2, 0.25) is 0 Å². The van der Waals surface area contributed by atoms with Gasteiger partial charge >= 0.3 is 0 Å². The molecule has 29 heavy (non-hydrogen) atoms. The van der Waals surface area contributed by atoms with Gasteiger partial charge in [0, 0.05) is 18.3 Å². The first-order chi connectivity index (χ1) is 14.0. The van der Waals surface area contributed by atoms with Crippen molar-refractivity contribution in [2.75, 3.05) is 34.7 Å². The fraction of sp³-hybridized carbons (Fsp3) is 0.389. The molecule has 3 aromatic rings. The molecule has 0 spiro atoms. The van der Waals surface area contributed by atoms with E-state index in [9.17, 15) is 8.42 Å². The van der Waals surface area contributed by atoms with Gasteiger partial charge in [-0.05, 0) is 37.6 Å². The number of H-pyrrole nitrogens is 1. The number of hydrogen-bond donors (Lipinski definition) is 5. The maximum Gasteiger partial charge on any atom is 0.231 e. The summed E-state index contributed by atoms with van der Waals surface area (Å²) in [6, 6.07) is 7.32. The Balaban J connectivity index is 1.54. The van der Waals surface area contributed by atoms with Gasteiger partial charge in [0.25, 0.3) is 0 Å². The molecule has 0 saturated carbocycles. The fourth-order valence-corrected chi connectivity index (χ4v) is 3.89. The lowest BCUT2D eigenvalue weighted by molar-refractivity contribution is 0.414. The van der Waals surface area contributed by atoms with Gasteiger partial charge in [-0.25, -0.2) is 13.4 Å². The minimum absolute atomic E-state index is 0.386. The smallest absolute Gasteiger partial charge is 0.231 e. The molecule has 2 aromatic heterocycles. The minimum Gasteiger partial charge on any atom is -0.366 e. The van der Waals surface area contributed by atoms with Crippen LogP contribution in [0.5, 0.6) is 0 Å². The maximum absolute atomic E-state index is 11.5. The number of nitrogens with one attached hydrogen (secondary N) is 5. The first-order valence-electron chi connectivity index (χ1n) is 9.49. The van der Waals surface area contributed by atoms with Crippen LogP contribution in [-0.2, 0) is 10.0 Å².